The Kier molecular flexibility index (Phi) is 7.47. The summed E-state index contributed by atoms with van der Waals surface area (Å²) in [6, 6.07) is 3.86. The molecule has 2 rings (SSSR count). The van der Waals surface area contributed by atoms with Crippen LogP contribution in [0.2, 0.25) is 0 Å². The maximum absolute atomic E-state index is 12.8. The monoisotopic (exact) mass is 376 g/mol. The first kappa shape index (κ1) is 21.0. The SMILES string of the molecule is CCC(=O)Nc1cc(C(=O)NC[C@H]2CCCN2CC)c(OC)cc1N(C)C. The number of anilines is 2. The average molecular weight is 377 g/mol. The number of benzene rings is 1. The number of likely N-dealkylation sites (N-methyl/N-ethyl adjacent to an activating group) is 1. The van der Waals surface area contributed by atoms with Crippen molar-refractivity contribution in [2.24, 2.45) is 0 Å². The zero-order chi connectivity index (χ0) is 20.0. The fraction of sp³-hybridized carbons (Fsp3) is 0.600. The Morgan fingerprint density at radius 3 is 2.63 bits per heavy atom. The van der Waals surface area contributed by atoms with Crippen LogP contribution < -0.4 is 20.3 Å². The molecule has 1 aromatic rings. The van der Waals surface area contributed by atoms with E-state index in [-0.39, 0.29) is 11.8 Å². The van der Waals surface area contributed by atoms with Gasteiger partial charge >= 0.3 is 0 Å². The molecular formula is C20H32N4O3. The van der Waals surface area contributed by atoms with E-state index in [1.165, 1.54) is 6.42 Å². The molecule has 2 N–H and O–H groups in total. The third kappa shape index (κ3) is 5.13. The Bertz CT molecular complexity index is 675. The van der Waals surface area contributed by atoms with Crippen molar-refractivity contribution in [1.82, 2.24) is 10.2 Å². The molecule has 0 radical (unpaired) electrons. The van der Waals surface area contributed by atoms with E-state index in [1.807, 2.05) is 19.0 Å². The number of hydrogen-bond acceptors (Lipinski definition) is 5. The molecule has 1 heterocycles. The van der Waals surface area contributed by atoms with Gasteiger partial charge in [0.25, 0.3) is 5.91 Å². The van der Waals surface area contributed by atoms with Crippen LogP contribution in [0, 0.1) is 0 Å². The number of carbonyl (C=O) groups is 2. The molecule has 0 unspecified atom stereocenters. The molecule has 0 spiro atoms. The van der Waals surface area contributed by atoms with Gasteiger partial charge in [-0.25, -0.2) is 0 Å². The van der Waals surface area contributed by atoms with E-state index in [9.17, 15) is 9.59 Å². The summed E-state index contributed by atoms with van der Waals surface area (Å²) in [6.07, 6.45) is 2.64. The predicted molar refractivity (Wildman–Crippen MR) is 109 cm³/mol. The van der Waals surface area contributed by atoms with Crippen LogP contribution in [0.15, 0.2) is 12.1 Å². The van der Waals surface area contributed by atoms with Gasteiger partial charge in [-0.05, 0) is 32.0 Å². The fourth-order valence-electron chi connectivity index (χ4n) is 3.47. The minimum absolute atomic E-state index is 0.0980. The number of nitrogens with one attached hydrogen (secondary N) is 2. The van der Waals surface area contributed by atoms with Gasteiger partial charge in [0, 0.05) is 39.2 Å². The van der Waals surface area contributed by atoms with Crippen LogP contribution in [-0.2, 0) is 4.79 Å². The normalized spacial score (nSPS) is 16.9. The van der Waals surface area contributed by atoms with Crippen LogP contribution in [0.3, 0.4) is 0 Å². The van der Waals surface area contributed by atoms with Crippen molar-refractivity contribution in [3.05, 3.63) is 17.7 Å². The molecular weight excluding hydrogens is 344 g/mol. The summed E-state index contributed by atoms with van der Waals surface area (Å²) in [5.41, 5.74) is 1.82. The van der Waals surface area contributed by atoms with Crippen LogP contribution >= 0.6 is 0 Å². The van der Waals surface area contributed by atoms with Crippen molar-refractivity contribution >= 4 is 23.2 Å². The summed E-state index contributed by atoms with van der Waals surface area (Å²) in [6.45, 7) is 6.64. The lowest BCUT2D eigenvalue weighted by atomic mass is 10.1. The number of rotatable bonds is 8. The van der Waals surface area contributed by atoms with E-state index in [4.69, 9.17) is 4.74 Å². The van der Waals surface area contributed by atoms with E-state index < -0.39 is 0 Å². The fourth-order valence-corrected chi connectivity index (χ4v) is 3.47. The van der Waals surface area contributed by atoms with Crippen molar-refractivity contribution in [3.63, 3.8) is 0 Å². The first-order chi connectivity index (χ1) is 12.9. The van der Waals surface area contributed by atoms with Crippen molar-refractivity contribution in [3.8, 4) is 5.75 Å². The Morgan fingerprint density at radius 1 is 1.30 bits per heavy atom. The molecule has 7 heteroatoms. The van der Waals surface area contributed by atoms with Crippen LogP contribution in [0.25, 0.3) is 0 Å². The minimum Gasteiger partial charge on any atom is -0.496 e. The smallest absolute Gasteiger partial charge is 0.255 e. The first-order valence-electron chi connectivity index (χ1n) is 9.62. The van der Waals surface area contributed by atoms with E-state index in [2.05, 4.69) is 22.5 Å². The number of nitrogens with zero attached hydrogens (tertiary/aromatic N) is 2. The molecule has 1 aromatic carbocycles. The molecule has 27 heavy (non-hydrogen) atoms. The molecule has 0 saturated carbocycles. The van der Waals surface area contributed by atoms with Gasteiger partial charge in [-0.2, -0.15) is 0 Å². The second-order valence-corrected chi connectivity index (χ2v) is 7.00. The van der Waals surface area contributed by atoms with Crippen LogP contribution in [0.5, 0.6) is 5.75 Å². The predicted octanol–water partition coefficient (Wildman–Crippen LogP) is 2.32. The molecule has 2 amide bonds. The third-order valence-corrected chi connectivity index (χ3v) is 5.04. The standard InChI is InChI=1S/C20H32N4O3/c1-6-19(25)22-16-11-15(18(27-5)12-17(16)23(3)4)20(26)21-13-14-9-8-10-24(14)7-2/h11-12,14H,6-10,13H2,1-5H3,(H,21,26)(H,22,25)/t14-/m1/s1. The van der Waals surface area contributed by atoms with Gasteiger partial charge in [0.05, 0.1) is 24.0 Å². The van der Waals surface area contributed by atoms with E-state index in [1.54, 1.807) is 26.2 Å². The third-order valence-electron chi connectivity index (χ3n) is 5.04. The molecule has 1 fully saturated rings. The molecule has 1 atom stereocenters. The highest BCUT2D eigenvalue weighted by molar-refractivity contribution is 6.02. The number of likely N-dealkylation sites (tertiary alicyclic amines) is 1. The molecule has 7 nitrogen and oxygen atoms in total. The minimum atomic E-state index is -0.188. The molecule has 1 aliphatic heterocycles. The van der Waals surface area contributed by atoms with Gasteiger partial charge in [0.15, 0.2) is 0 Å². The molecule has 150 valence electrons. The summed E-state index contributed by atoms with van der Waals surface area (Å²) >= 11 is 0. The van der Waals surface area contributed by atoms with Crippen molar-refractivity contribution in [1.29, 1.82) is 0 Å². The largest absolute Gasteiger partial charge is 0.496 e. The molecule has 0 bridgehead atoms. The van der Waals surface area contributed by atoms with Crippen molar-refractivity contribution in [2.75, 3.05) is 51.1 Å². The lowest BCUT2D eigenvalue weighted by molar-refractivity contribution is -0.115. The highest BCUT2D eigenvalue weighted by atomic mass is 16.5. The lowest BCUT2D eigenvalue weighted by Gasteiger charge is -2.24. The van der Waals surface area contributed by atoms with Gasteiger partial charge in [-0.1, -0.05) is 13.8 Å². The van der Waals surface area contributed by atoms with Gasteiger partial charge in [-0.15, -0.1) is 0 Å². The first-order valence-corrected chi connectivity index (χ1v) is 9.62. The topological polar surface area (TPSA) is 73.9 Å². The van der Waals surface area contributed by atoms with E-state index in [0.29, 0.717) is 36.0 Å². The molecule has 0 aliphatic carbocycles. The summed E-state index contributed by atoms with van der Waals surface area (Å²) < 4.78 is 5.45. The van der Waals surface area contributed by atoms with Gasteiger partial charge in [0.2, 0.25) is 5.91 Å². The van der Waals surface area contributed by atoms with Crippen LogP contribution in [0.4, 0.5) is 11.4 Å². The van der Waals surface area contributed by atoms with Gasteiger partial charge in [-0.3, -0.25) is 14.5 Å². The second kappa shape index (κ2) is 9.60. The summed E-state index contributed by atoms with van der Waals surface area (Å²) in [5.74, 6) is 0.204. The molecule has 1 saturated heterocycles. The van der Waals surface area contributed by atoms with Crippen LogP contribution in [-0.4, -0.2) is 63.6 Å². The summed E-state index contributed by atoms with van der Waals surface area (Å²) in [4.78, 5) is 29.0. The number of methoxy groups -OCH3 is 1. The average Bonchev–Trinajstić information content (AvgIpc) is 3.12. The van der Waals surface area contributed by atoms with Gasteiger partial charge in [0.1, 0.15) is 5.75 Å². The van der Waals surface area contributed by atoms with E-state index in [0.717, 1.165) is 25.2 Å². The number of hydrogen-bond donors (Lipinski definition) is 2. The highest BCUT2D eigenvalue weighted by Gasteiger charge is 2.24. The zero-order valence-corrected chi connectivity index (χ0v) is 17.1. The van der Waals surface area contributed by atoms with Gasteiger partial charge < -0.3 is 20.3 Å². The number of amides is 2. The Labute approximate surface area is 162 Å². The zero-order valence-electron chi connectivity index (χ0n) is 17.1. The summed E-state index contributed by atoms with van der Waals surface area (Å²) in [7, 11) is 5.32. The quantitative estimate of drug-likeness (QED) is 0.728. The maximum Gasteiger partial charge on any atom is 0.255 e. The van der Waals surface area contributed by atoms with Crippen molar-refractivity contribution < 1.29 is 14.3 Å². The highest BCUT2D eigenvalue weighted by Crippen LogP contribution is 2.33. The number of ether oxygens (including phenoxy) is 1. The second-order valence-electron chi connectivity index (χ2n) is 7.00. The van der Waals surface area contributed by atoms with E-state index >= 15 is 0 Å². The molecule has 0 aromatic heterocycles. The molecule has 1 aliphatic rings. The lowest BCUT2D eigenvalue weighted by Crippen LogP contribution is -2.40. The number of carbonyl (C=O) groups excluding carboxylic acids is 2. The Morgan fingerprint density at radius 2 is 2.04 bits per heavy atom. The Balaban J connectivity index is 2.23. The summed E-state index contributed by atoms with van der Waals surface area (Å²) in [5, 5.41) is 5.91. The van der Waals surface area contributed by atoms with Crippen molar-refractivity contribution in [2.45, 2.75) is 39.2 Å². The van der Waals surface area contributed by atoms with Crippen LogP contribution in [0.1, 0.15) is 43.5 Å². The Hall–Kier alpha value is -2.28. The maximum atomic E-state index is 12.8.